The third-order valence-corrected chi connectivity index (χ3v) is 7.29. The normalized spacial score (nSPS) is 12.7. The molecule has 1 amide bonds. The first-order valence-corrected chi connectivity index (χ1v) is 11.4. The maximum atomic E-state index is 12.8. The van der Waals surface area contributed by atoms with Gasteiger partial charge < -0.3 is 4.90 Å². The Kier molecular flexibility index (Phi) is 5.27. The summed E-state index contributed by atoms with van der Waals surface area (Å²) in [5.41, 5.74) is 0.872. The average molecular weight is 407 g/mol. The number of rotatable bonds is 5. The lowest BCUT2D eigenvalue weighted by atomic mass is 10.1. The molecule has 0 bridgehead atoms. The first-order chi connectivity index (χ1) is 12.3. The Bertz CT molecular complexity index is 1010. The van der Waals surface area contributed by atoms with Crippen molar-refractivity contribution in [3.8, 4) is 9.88 Å². The molecule has 8 heteroatoms. The van der Waals surface area contributed by atoms with E-state index in [9.17, 15) is 13.2 Å². The minimum absolute atomic E-state index is 0.106. The van der Waals surface area contributed by atoms with Gasteiger partial charge in [-0.25, -0.2) is 13.4 Å². The van der Waals surface area contributed by atoms with Gasteiger partial charge in [0.25, 0.3) is 5.91 Å². The maximum Gasteiger partial charge on any atom is 0.265 e. The van der Waals surface area contributed by atoms with Gasteiger partial charge in [0.1, 0.15) is 9.88 Å². The summed E-state index contributed by atoms with van der Waals surface area (Å²) >= 11 is 2.96. The van der Waals surface area contributed by atoms with Gasteiger partial charge in [0.15, 0.2) is 9.84 Å². The molecular weight excluding hydrogens is 388 g/mol. The summed E-state index contributed by atoms with van der Waals surface area (Å²) in [7, 11) is -1.49. The van der Waals surface area contributed by atoms with Crippen LogP contribution in [0.3, 0.4) is 0 Å². The molecule has 26 heavy (non-hydrogen) atoms. The molecule has 0 aliphatic heterocycles. The Morgan fingerprint density at radius 2 is 1.88 bits per heavy atom. The van der Waals surface area contributed by atoms with E-state index in [0.717, 1.165) is 15.4 Å². The smallest absolute Gasteiger partial charge is 0.265 e. The zero-order valence-corrected chi connectivity index (χ0v) is 17.0. The molecule has 0 aliphatic rings. The van der Waals surface area contributed by atoms with Gasteiger partial charge in [0, 0.05) is 13.3 Å². The average Bonchev–Trinajstić information content (AvgIpc) is 3.30. The monoisotopic (exact) mass is 406 g/mol. The molecule has 136 valence electrons. The van der Waals surface area contributed by atoms with Crippen molar-refractivity contribution in [1.29, 1.82) is 0 Å². The Morgan fingerprint density at radius 1 is 1.19 bits per heavy atom. The van der Waals surface area contributed by atoms with Crippen LogP contribution in [0.5, 0.6) is 0 Å². The standard InChI is InChI=1S/C18H18N2O3S3/c1-12(13-6-8-14(9-7-13)26(3,22)23)20(2)18(21)16-11-19-17(25-16)15-5-4-10-24-15/h4-12H,1-3H3. The van der Waals surface area contributed by atoms with E-state index in [1.54, 1.807) is 53.7 Å². The zero-order chi connectivity index (χ0) is 18.9. The number of hydrogen-bond acceptors (Lipinski definition) is 6. The molecule has 2 heterocycles. The van der Waals surface area contributed by atoms with E-state index < -0.39 is 9.84 Å². The highest BCUT2D eigenvalue weighted by Crippen LogP contribution is 2.30. The fourth-order valence-corrected chi connectivity index (χ4v) is 4.79. The number of benzene rings is 1. The lowest BCUT2D eigenvalue weighted by Gasteiger charge is -2.24. The van der Waals surface area contributed by atoms with E-state index in [0.29, 0.717) is 4.88 Å². The van der Waals surface area contributed by atoms with Crippen molar-refractivity contribution in [1.82, 2.24) is 9.88 Å². The van der Waals surface area contributed by atoms with E-state index in [4.69, 9.17) is 0 Å². The van der Waals surface area contributed by atoms with Crippen LogP contribution in [0.2, 0.25) is 0 Å². The lowest BCUT2D eigenvalue weighted by molar-refractivity contribution is 0.0747. The number of amides is 1. The predicted molar refractivity (Wildman–Crippen MR) is 105 cm³/mol. The number of thiophene rings is 1. The topological polar surface area (TPSA) is 67.3 Å². The van der Waals surface area contributed by atoms with Crippen molar-refractivity contribution < 1.29 is 13.2 Å². The molecule has 3 aromatic rings. The molecule has 0 spiro atoms. The number of carbonyl (C=O) groups is 1. The van der Waals surface area contributed by atoms with Crippen LogP contribution < -0.4 is 0 Å². The second-order valence-corrected chi connectivity index (χ2v) is 9.93. The van der Waals surface area contributed by atoms with Crippen molar-refractivity contribution in [2.75, 3.05) is 13.3 Å². The summed E-state index contributed by atoms with van der Waals surface area (Å²) in [5.74, 6) is -0.106. The summed E-state index contributed by atoms with van der Waals surface area (Å²) in [5, 5.41) is 2.81. The Morgan fingerprint density at radius 3 is 2.46 bits per heavy atom. The highest BCUT2D eigenvalue weighted by molar-refractivity contribution is 7.90. The highest BCUT2D eigenvalue weighted by Gasteiger charge is 2.22. The van der Waals surface area contributed by atoms with E-state index in [1.807, 2.05) is 24.4 Å². The fourth-order valence-electron chi connectivity index (χ4n) is 2.45. The minimum Gasteiger partial charge on any atom is -0.334 e. The molecule has 0 saturated carbocycles. The molecule has 1 atom stereocenters. The molecule has 0 fully saturated rings. The van der Waals surface area contributed by atoms with E-state index >= 15 is 0 Å². The van der Waals surface area contributed by atoms with Gasteiger partial charge >= 0.3 is 0 Å². The van der Waals surface area contributed by atoms with Crippen molar-refractivity contribution in [3.05, 3.63) is 58.4 Å². The third kappa shape index (κ3) is 3.87. The Hall–Kier alpha value is -2.03. The second-order valence-electron chi connectivity index (χ2n) is 5.94. The summed E-state index contributed by atoms with van der Waals surface area (Å²) in [6.45, 7) is 1.91. The van der Waals surface area contributed by atoms with Gasteiger partial charge in [-0.3, -0.25) is 4.79 Å². The van der Waals surface area contributed by atoms with Crippen molar-refractivity contribution in [3.63, 3.8) is 0 Å². The maximum absolute atomic E-state index is 12.8. The first kappa shape index (κ1) is 18.8. The van der Waals surface area contributed by atoms with E-state index in [-0.39, 0.29) is 16.8 Å². The fraction of sp³-hybridized carbons (Fsp3) is 0.222. The summed E-state index contributed by atoms with van der Waals surface area (Å²) in [4.78, 5) is 20.7. The summed E-state index contributed by atoms with van der Waals surface area (Å²) in [6.07, 6.45) is 2.79. The largest absolute Gasteiger partial charge is 0.334 e. The Balaban J connectivity index is 1.77. The van der Waals surface area contributed by atoms with Crippen LogP contribution in [0.25, 0.3) is 9.88 Å². The lowest BCUT2D eigenvalue weighted by Crippen LogP contribution is -2.29. The zero-order valence-electron chi connectivity index (χ0n) is 14.5. The van der Waals surface area contributed by atoms with Crippen LogP contribution in [0.4, 0.5) is 0 Å². The number of hydrogen-bond donors (Lipinski definition) is 0. The predicted octanol–water partition coefficient (Wildman–Crippen LogP) is 4.11. The van der Waals surface area contributed by atoms with Crippen LogP contribution in [-0.2, 0) is 9.84 Å². The second kappa shape index (κ2) is 7.30. The van der Waals surface area contributed by atoms with Gasteiger partial charge in [0.05, 0.1) is 22.0 Å². The third-order valence-electron chi connectivity index (χ3n) is 4.14. The number of thiazole rings is 1. The van der Waals surface area contributed by atoms with Crippen LogP contribution >= 0.6 is 22.7 Å². The van der Waals surface area contributed by atoms with Crippen LogP contribution in [0, 0.1) is 0 Å². The first-order valence-electron chi connectivity index (χ1n) is 7.84. The van der Waals surface area contributed by atoms with Crippen molar-refractivity contribution in [2.24, 2.45) is 0 Å². The number of nitrogens with zero attached hydrogens (tertiary/aromatic N) is 2. The molecule has 0 aliphatic carbocycles. The molecule has 1 unspecified atom stereocenters. The van der Waals surface area contributed by atoms with Crippen LogP contribution in [0.1, 0.15) is 28.2 Å². The molecule has 0 saturated heterocycles. The minimum atomic E-state index is -3.23. The van der Waals surface area contributed by atoms with Crippen LogP contribution in [-0.4, -0.2) is 37.5 Å². The van der Waals surface area contributed by atoms with Gasteiger partial charge in [-0.2, -0.15) is 0 Å². The molecular formula is C18H18N2O3S3. The number of carbonyl (C=O) groups excluding carboxylic acids is 1. The van der Waals surface area contributed by atoms with Gasteiger partial charge in [-0.15, -0.1) is 22.7 Å². The molecule has 0 N–H and O–H groups in total. The van der Waals surface area contributed by atoms with Crippen molar-refractivity contribution >= 4 is 38.4 Å². The van der Waals surface area contributed by atoms with E-state index in [1.165, 1.54) is 17.6 Å². The molecule has 0 radical (unpaired) electrons. The van der Waals surface area contributed by atoms with Gasteiger partial charge in [-0.1, -0.05) is 18.2 Å². The summed E-state index contributed by atoms with van der Waals surface area (Å²) < 4.78 is 23.1. The van der Waals surface area contributed by atoms with E-state index in [2.05, 4.69) is 4.98 Å². The molecule has 1 aromatic carbocycles. The van der Waals surface area contributed by atoms with Crippen molar-refractivity contribution in [2.45, 2.75) is 17.9 Å². The quantitative estimate of drug-likeness (QED) is 0.639. The molecule has 3 rings (SSSR count). The highest BCUT2D eigenvalue weighted by atomic mass is 32.2. The SMILES string of the molecule is CC(c1ccc(S(C)(=O)=O)cc1)N(C)C(=O)c1cnc(-c2cccs2)s1. The summed E-state index contributed by atoms with van der Waals surface area (Å²) in [6, 6.07) is 10.4. The van der Waals surface area contributed by atoms with Crippen LogP contribution in [0.15, 0.2) is 52.9 Å². The van der Waals surface area contributed by atoms with Gasteiger partial charge in [0.2, 0.25) is 0 Å². The van der Waals surface area contributed by atoms with Gasteiger partial charge in [-0.05, 0) is 36.1 Å². The number of aromatic nitrogens is 1. The molecule has 5 nitrogen and oxygen atoms in total. The Labute approximate surface area is 160 Å². The molecule has 2 aromatic heterocycles. The number of sulfone groups is 1.